The SMILES string of the molecule is CC(C)C/C=C/C=C/C(=O)N[C@@H](CC(N)=O)C(=O)N[C@H]1CNC(=O)[C@H](c2ccc(O)c(Cl)c2)NC(=O)[C@@H](C)NC(=O)[C@H](CC(C)C)NC(=O)CNC(=O)[C@H](c2ccc(O)cc2)NC(=O)[C@@H]([C@@H](C)O)NC(=O)[C@H](c2ccc(O)cc2)NC(=O)[C@@H](CCCN)NC(=O)[C@H](Cc2ccccc2)NC(=O)[C@H]([C@H](C)O)NC(=O)[C@@H](c2ccc(O)cc2)NC(=O)[C@H](C)NC(=O)[C@@H]([C@@H](C)O)NC(=O)[C@@H](CCCN)NC(=O)[C@@H](c2ccc(O)cc2)NC1=O. The van der Waals surface area contributed by atoms with Crippen molar-refractivity contribution >= 4 is 124 Å². The second kappa shape index (κ2) is 59.0. The van der Waals surface area contributed by atoms with Gasteiger partial charge in [-0.05, 0) is 192 Å². The van der Waals surface area contributed by atoms with Crippen LogP contribution in [0, 0.1) is 11.8 Å². The highest BCUT2D eigenvalue weighted by atomic mass is 35.5. The summed E-state index contributed by atoms with van der Waals surface area (Å²) in [5.41, 5.74) is 17.2. The smallest absolute Gasteiger partial charge is 0.247 e. The number of aromatic hydroxyl groups is 5. The van der Waals surface area contributed by atoms with Crippen molar-refractivity contribution in [1.29, 1.82) is 0 Å². The molecule has 1 saturated heterocycles. The monoisotopic (exact) mass is 2110 g/mol. The first kappa shape index (κ1) is 121. The highest BCUT2D eigenvalue weighted by Gasteiger charge is 2.42. The quantitative estimate of drug-likeness (QED) is 0.0181. The van der Waals surface area contributed by atoms with Crippen molar-refractivity contribution in [2.24, 2.45) is 29.0 Å². The number of nitrogens with one attached hydrogen (secondary N) is 18. The van der Waals surface area contributed by atoms with Gasteiger partial charge >= 0.3 is 0 Å². The number of phenolic OH excluding ortho intramolecular Hbond substituents is 5. The lowest BCUT2D eigenvalue weighted by Gasteiger charge is -2.29. The van der Waals surface area contributed by atoms with Crippen molar-refractivity contribution < 1.29 is 132 Å². The molecule has 48 nitrogen and oxygen atoms in total. The van der Waals surface area contributed by atoms with Crippen molar-refractivity contribution in [2.75, 3.05) is 26.2 Å². The number of aliphatic hydroxyl groups excluding tert-OH is 3. The van der Waals surface area contributed by atoms with Crippen molar-refractivity contribution in [3.05, 3.63) is 208 Å². The van der Waals surface area contributed by atoms with Crippen LogP contribution in [-0.2, 0) is 97.5 Å². The molecule has 0 spiro atoms. The third-order valence-corrected chi connectivity index (χ3v) is 23.6. The first-order chi connectivity index (χ1) is 70.9. The number of benzene rings is 6. The van der Waals surface area contributed by atoms with Gasteiger partial charge in [0.1, 0.15) is 125 Å². The third-order valence-electron chi connectivity index (χ3n) is 23.3. The summed E-state index contributed by atoms with van der Waals surface area (Å²) in [6.07, 6.45) is -1.73. The first-order valence-electron chi connectivity index (χ1n) is 48.1. The molecule has 1 fully saturated rings. The van der Waals surface area contributed by atoms with Gasteiger partial charge in [-0.15, -0.1) is 0 Å². The van der Waals surface area contributed by atoms with E-state index in [2.05, 4.69) is 95.7 Å². The van der Waals surface area contributed by atoms with Crippen LogP contribution in [0.4, 0.5) is 0 Å². The van der Waals surface area contributed by atoms with Crippen molar-refractivity contribution in [3.63, 3.8) is 0 Å². The zero-order valence-electron chi connectivity index (χ0n) is 83.7. The summed E-state index contributed by atoms with van der Waals surface area (Å²) in [7, 11) is 0. The molecular weight excluding hydrogens is 1970 g/mol. The summed E-state index contributed by atoms with van der Waals surface area (Å²) >= 11 is 6.41. The molecule has 6 aromatic carbocycles. The van der Waals surface area contributed by atoms with Gasteiger partial charge < -0.3 is 154 Å². The van der Waals surface area contributed by atoms with Crippen LogP contribution >= 0.6 is 11.6 Å². The first-order valence-corrected chi connectivity index (χ1v) is 48.5. The Kier molecular flexibility index (Phi) is 47.5. The molecular formula is C101H132ClN21O27. The number of aliphatic hydroxyl groups is 3. The van der Waals surface area contributed by atoms with Gasteiger partial charge in [-0.2, -0.15) is 0 Å². The van der Waals surface area contributed by atoms with Gasteiger partial charge in [-0.3, -0.25) is 91.1 Å². The Hall–Kier alpha value is -16.2. The normalized spacial score (nSPS) is 23.5. The van der Waals surface area contributed by atoms with Gasteiger partial charge in [-0.1, -0.05) is 142 Å². The molecule has 0 unspecified atom stereocenters. The zero-order chi connectivity index (χ0) is 111. The largest absolute Gasteiger partial charge is 0.508 e. The van der Waals surface area contributed by atoms with Gasteiger partial charge in [0.15, 0.2) is 0 Å². The van der Waals surface area contributed by atoms with Gasteiger partial charge in [-0.25, -0.2) is 0 Å². The second-order valence-electron chi connectivity index (χ2n) is 36.6. The lowest BCUT2D eigenvalue weighted by atomic mass is 10.0. The van der Waals surface area contributed by atoms with Crippen LogP contribution in [0.25, 0.3) is 0 Å². The minimum absolute atomic E-state index is 0.0162. The molecule has 1 heterocycles. The molecule has 1 aliphatic rings. The molecule has 32 N–H and O–H groups in total. The van der Waals surface area contributed by atoms with Gasteiger partial charge in [0.05, 0.1) is 36.3 Å². The molecule has 0 saturated carbocycles. The van der Waals surface area contributed by atoms with E-state index in [0.29, 0.717) is 12.0 Å². The minimum atomic E-state index is -2.19. The summed E-state index contributed by atoms with van der Waals surface area (Å²) in [6.45, 7) is 10.3. The number of nitrogens with two attached hydrogens (primary N) is 3. The maximum absolute atomic E-state index is 15.4. The van der Waals surface area contributed by atoms with E-state index in [1.807, 2.05) is 13.8 Å². The fraction of sp³-hybridized carbons (Fsp3) is 0.416. The maximum atomic E-state index is 15.4. The summed E-state index contributed by atoms with van der Waals surface area (Å²) in [5.74, 6) is -25.1. The molecule has 810 valence electrons. The summed E-state index contributed by atoms with van der Waals surface area (Å²) in [6, 6.07) is -0.940. The van der Waals surface area contributed by atoms with Crippen LogP contribution in [0.15, 0.2) is 170 Å². The third kappa shape index (κ3) is 38.3. The lowest BCUT2D eigenvalue weighted by Crippen LogP contribution is -2.61. The molecule has 0 bridgehead atoms. The van der Waals surface area contributed by atoms with E-state index in [4.69, 9.17) is 28.8 Å². The van der Waals surface area contributed by atoms with Gasteiger partial charge in [0.2, 0.25) is 112 Å². The van der Waals surface area contributed by atoms with Crippen LogP contribution in [0.1, 0.15) is 171 Å². The van der Waals surface area contributed by atoms with Crippen molar-refractivity contribution in [3.8, 4) is 28.7 Å². The molecule has 19 atom stereocenters. The number of carbonyl (C=O) groups is 19. The molecule has 150 heavy (non-hydrogen) atoms. The van der Waals surface area contributed by atoms with Crippen LogP contribution in [0.2, 0.25) is 5.02 Å². The zero-order valence-corrected chi connectivity index (χ0v) is 84.5. The summed E-state index contributed by atoms with van der Waals surface area (Å²) in [5, 5.41) is 130. The van der Waals surface area contributed by atoms with Crippen LogP contribution in [0.3, 0.4) is 0 Å². The number of hydrogen-bond donors (Lipinski definition) is 29. The number of carbonyl (C=O) groups excluding carboxylic acids is 19. The van der Waals surface area contributed by atoms with E-state index in [1.165, 1.54) is 48.6 Å². The van der Waals surface area contributed by atoms with E-state index < -0.39 is 269 Å². The number of hydrogen-bond acceptors (Lipinski definition) is 29. The number of halogens is 1. The number of allylic oxidation sites excluding steroid dienone is 3. The predicted molar refractivity (Wildman–Crippen MR) is 541 cm³/mol. The molecule has 7 rings (SSSR count). The van der Waals surface area contributed by atoms with Gasteiger partial charge in [0.25, 0.3) is 0 Å². The Morgan fingerprint density at radius 3 is 1.23 bits per heavy atom. The molecule has 0 aromatic heterocycles. The number of amides is 19. The fourth-order valence-corrected chi connectivity index (χ4v) is 15.2. The predicted octanol–water partition coefficient (Wildman–Crippen LogP) is -2.98. The van der Waals surface area contributed by atoms with Crippen LogP contribution in [0.5, 0.6) is 28.7 Å². The molecule has 0 aliphatic carbocycles. The Labute approximate surface area is 868 Å². The number of phenols is 5. The molecule has 19 amide bonds. The molecule has 49 heteroatoms. The Morgan fingerprint density at radius 2 is 0.780 bits per heavy atom. The average molecular weight is 2110 g/mol. The number of rotatable bonds is 27. The van der Waals surface area contributed by atoms with E-state index in [0.717, 1.165) is 120 Å². The topological polar surface area (TPSA) is 781 Å². The van der Waals surface area contributed by atoms with E-state index in [1.54, 1.807) is 50.3 Å². The average Bonchev–Trinajstić information content (AvgIpc) is 0.829. The van der Waals surface area contributed by atoms with Crippen molar-refractivity contribution in [2.45, 2.75) is 229 Å². The minimum Gasteiger partial charge on any atom is -0.508 e. The fourth-order valence-electron chi connectivity index (χ4n) is 15.1. The summed E-state index contributed by atoms with van der Waals surface area (Å²) < 4.78 is 0. The molecule has 6 aromatic rings. The Balaban J connectivity index is 1.34. The second-order valence-corrected chi connectivity index (χ2v) is 37.0. The van der Waals surface area contributed by atoms with Gasteiger partial charge in [0, 0.05) is 19.0 Å². The lowest BCUT2D eigenvalue weighted by molar-refractivity contribution is -0.138. The van der Waals surface area contributed by atoms with Crippen LogP contribution < -0.4 is 113 Å². The molecule has 0 radical (unpaired) electrons. The highest BCUT2D eigenvalue weighted by molar-refractivity contribution is 6.32. The molecule has 1 aliphatic heterocycles. The Morgan fingerprint density at radius 1 is 0.407 bits per heavy atom. The standard InChI is InChI=1S/C101H132ClN21O27/c1-50(2)18-12-10-15-23-76(133)110-72(47-75(105)132)92(141)115-73-48-106-95(144)85(62-32-41-74(131)67(102)46-62)120-86(135)52(5)108-90(139)70(44-51(3)4)111-77(134)49-107-94(143)81(58-24-33-63(127)34-25-58)123-98(147)80(56(9)126)118-101(150)84(61-30-39-66(130)40-31-61)121-89(138)68(21-16-42-103)112-91(140)71(45-57-19-13-11-14-20-57)114-97(146)79(55(8)125)117-100(149)83(60-28-37-65(129)38-29-60)119-87(136)53(6)109-96(145)78(54(7)124)116-88(137)69(22-17-43-104)113-99(148)82(122-93(73)142)59-26-35-64(128)36-27-59/h10-15,19-20,23-41,46,50-56,68-73,78-85,124-131H,16-18,21-22,42-45,47-49,103-104H2,1-9H3,(H2,105,132)(H,106,144)(H,107,143)(H,108,139)(H,109,145)(H,110,133)(H,111,134)(H,112,140)(H,113,148)(H,114,146)(H,115,141)(H,116,137)(H,117,149)(H,118,150)(H,119,136)(H,120,135)(H,121,138)(H,122,142)(H,123,147)/b12-10+,23-15+/t52-,53+,54-,55+,56-,68-,69-,70+,71+,72+,73+,78-,79+,80-,81+,82-,83-,84+,85+/m1/s1. The van der Waals surface area contributed by atoms with Crippen LogP contribution in [-0.4, -0.2) is 264 Å². The summed E-state index contributed by atoms with van der Waals surface area (Å²) in [4.78, 5) is 278. The highest BCUT2D eigenvalue weighted by Crippen LogP contribution is 2.29. The Bertz CT molecular complexity index is 5780. The van der Waals surface area contributed by atoms with Crippen molar-refractivity contribution in [1.82, 2.24) is 95.7 Å². The number of primary amides is 1. The van der Waals surface area contributed by atoms with E-state index in [9.17, 15) is 108 Å². The maximum Gasteiger partial charge on any atom is 0.247 e. The van der Waals surface area contributed by atoms with E-state index in [-0.39, 0.29) is 103 Å². The van der Waals surface area contributed by atoms with E-state index >= 15 is 24.0 Å².